The van der Waals surface area contributed by atoms with E-state index >= 15 is 0 Å². The van der Waals surface area contributed by atoms with Crippen molar-refractivity contribution in [3.63, 3.8) is 0 Å². The molecular formula is C16H19N5O3. The third-order valence-electron chi connectivity index (χ3n) is 3.94. The third-order valence-corrected chi connectivity index (χ3v) is 3.94. The Morgan fingerprint density at radius 2 is 2.12 bits per heavy atom. The predicted molar refractivity (Wildman–Crippen MR) is 87.1 cm³/mol. The minimum Gasteiger partial charge on any atom is -0.356 e. The van der Waals surface area contributed by atoms with E-state index in [4.69, 9.17) is 0 Å². The molecule has 1 aliphatic heterocycles. The number of hydrogen-bond donors (Lipinski definition) is 3. The first-order valence-electron chi connectivity index (χ1n) is 7.92. The quantitative estimate of drug-likeness (QED) is 0.509. The average Bonchev–Trinajstić information content (AvgIpc) is 3.12. The van der Waals surface area contributed by atoms with Gasteiger partial charge in [-0.15, -0.1) is 0 Å². The number of amides is 4. The number of rotatable bonds is 7. The number of aromatic nitrogens is 2. The van der Waals surface area contributed by atoms with Gasteiger partial charge < -0.3 is 10.6 Å². The van der Waals surface area contributed by atoms with Crippen LogP contribution in [0, 0.1) is 0 Å². The number of nitrogens with one attached hydrogen (secondary N) is 3. The van der Waals surface area contributed by atoms with Crippen LogP contribution in [0.15, 0.2) is 30.5 Å². The number of aryl methyl sites for hydroxylation is 1. The van der Waals surface area contributed by atoms with E-state index in [0.29, 0.717) is 13.0 Å². The van der Waals surface area contributed by atoms with Crippen molar-refractivity contribution in [2.24, 2.45) is 0 Å². The van der Waals surface area contributed by atoms with Gasteiger partial charge in [-0.3, -0.25) is 19.6 Å². The molecule has 3 N–H and O–H groups in total. The summed E-state index contributed by atoms with van der Waals surface area (Å²) >= 11 is 0. The lowest BCUT2D eigenvalue weighted by Gasteiger charge is -2.08. The molecule has 1 aliphatic rings. The Morgan fingerprint density at radius 1 is 1.29 bits per heavy atom. The molecule has 0 saturated carbocycles. The number of urea groups is 1. The molecule has 0 bridgehead atoms. The average molecular weight is 329 g/mol. The van der Waals surface area contributed by atoms with Crippen LogP contribution in [0.4, 0.5) is 4.79 Å². The van der Waals surface area contributed by atoms with E-state index in [1.165, 1.54) is 0 Å². The van der Waals surface area contributed by atoms with E-state index in [1.54, 1.807) is 0 Å². The standard InChI is InChI=1S/C16H19N5O3/c22-14(7-6-12-15(23)20-16(24)19-12)17-8-3-9-21-13-5-2-1-4-11(13)10-18-21/h1-2,4-5,10,12H,3,6-9H2,(H,17,22)(H2,19,20,23,24). The molecule has 0 radical (unpaired) electrons. The van der Waals surface area contributed by atoms with Crippen molar-refractivity contribution in [3.8, 4) is 0 Å². The van der Waals surface area contributed by atoms with Gasteiger partial charge in [-0.05, 0) is 18.9 Å². The van der Waals surface area contributed by atoms with Gasteiger partial charge in [0, 0.05) is 24.9 Å². The van der Waals surface area contributed by atoms with E-state index in [-0.39, 0.29) is 18.2 Å². The maximum absolute atomic E-state index is 11.8. The lowest BCUT2D eigenvalue weighted by molar-refractivity contribution is -0.122. The molecule has 2 aromatic rings. The Hall–Kier alpha value is -2.90. The van der Waals surface area contributed by atoms with Crippen LogP contribution in [-0.2, 0) is 16.1 Å². The molecule has 1 aromatic carbocycles. The van der Waals surface area contributed by atoms with Crippen LogP contribution in [0.5, 0.6) is 0 Å². The number of benzene rings is 1. The number of fused-ring (bicyclic) bond motifs is 1. The van der Waals surface area contributed by atoms with Gasteiger partial charge in [0.05, 0.1) is 11.7 Å². The lowest BCUT2D eigenvalue weighted by Crippen LogP contribution is -2.32. The maximum Gasteiger partial charge on any atom is 0.322 e. The summed E-state index contributed by atoms with van der Waals surface area (Å²) in [5.41, 5.74) is 1.08. The Morgan fingerprint density at radius 3 is 2.92 bits per heavy atom. The van der Waals surface area contributed by atoms with Crippen LogP contribution in [0.3, 0.4) is 0 Å². The zero-order chi connectivity index (χ0) is 16.9. The topological polar surface area (TPSA) is 105 Å². The fourth-order valence-electron chi connectivity index (χ4n) is 2.69. The molecule has 0 spiro atoms. The molecule has 8 heteroatoms. The summed E-state index contributed by atoms with van der Waals surface area (Å²) in [5, 5.41) is 12.9. The molecule has 126 valence electrons. The molecule has 1 fully saturated rings. The Balaban J connectivity index is 1.36. The first-order chi connectivity index (χ1) is 11.6. The van der Waals surface area contributed by atoms with Crippen molar-refractivity contribution in [1.82, 2.24) is 25.7 Å². The van der Waals surface area contributed by atoms with Crippen molar-refractivity contribution < 1.29 is 14.4 Å². The van der Waals surface area contributed by atoms with Crippen molar-refractivity contribution in [2.75, 3.05) is 6.54 Å². The Kier molecular flexibility index (Phi) is 4.74. The molecule has 4 amide bonds. The third kappa shape index (κ3) is 3.70. The van der Waals surface area contributed by atoms with E-state index in [2.05, 4.69) is 21.0 Å². The summed E-state index contributed by atoms with van der Waals surface area (Å²) < 4.78 is 1.92. The second-order valence-electron chi connectivity index (χ2n) is 5.68. The van der Waals surface area contributed by atoms with Crippen molar-refractivity contribution in [1.29, 1.82) is 0 Å². The van der Waals surface area contributed by atoms with Gasteiger partial charge in [-0.25, -0.2) is 4.79 Å². The molecule has 1 atom stereocenters. The lowest BCUT2D eigenvalue weighted by atomic mass is 10.1. The van der Waals surface area contributed by atoms with Crippen LogP contribution in [-0.4, -0.2) is 40.2 Å². The van der Waals surface area contributed by atoms with E-state index < -0.39 is 12.1 Å². The predicted octanol–water partition coefficient (Wildman–Crippen LogP) is 0.531. The number of para-hydroxylation sites is 1. The summed E-state index contributed by atoms with van der Waals surface area (Å²) in [7, 11) is 0. The fraction of sp³-hybridized carbons (Fsp3) is 0.375. The SMILES string of the molecule is O=C(CCC1NC(=O)NC1=O)NCCCn1ncc2ccccc21. The molecule has 1 unspecified atom stereocenters. The monoisotopic (exact) mass is 329 g/mol. The zero-order valence-electron chi connectivity index (χ0n) is 13.1. The van der Waals surface area contributed by atoms with E-state index in [0.717, 1.165) is 23.9 Å². The second kappa shape index (κ2) is 7.12. The molecule has 8 nitrogen and oxygen atoms in total. The molecule has 0 aliphatic carbocycles. The Bertz CT molecular complexity index is 770. The van der Waals surface area contributed by atoms with Gasteiger partial charge in [0.25, 0.3) is 5.91 Å². The molecule has 24 heavy (non-hydrogen) atoms. The number of nitrogens with zero attached hydrogens (tertiary/aromatic N) is 2. The molecule has 2 heterocycles. The number of carbonyl (C=O) groups is 3. The minimum atomic E-state index is -0.612. The maximum atomic E-state index is 11.8. The number of imide groups is 1. The highest BCUT2D eigenvalue weighted by atomic mass is 16.2. The summed E-state index contributed by atoms with van der Waals surface area (Å²) in [6.07, 6.45) is 3.09. The summed E-state index contributed by atoms with van der Waals surface area (Å²) in [6.45, 7) is 1.26. The van der Waals surface area contributed by atoms with Gasteiger partial charge in [0.15, 0.2) is 0 Å². The van der Waals surface area contributed by atoms with E-state index in [1.807, 2.05) is 35.1 Å². The van der Waals surface area contributed by atoms with Gasteiger partial charge >= 0.3 is 6.03 Å². The smallest absolute Gasteiger partial charge is 0.322 e. The molecule has 1 saturated heterocycles. The fourth-order valence-corrected chi connectivity index (χ4v) is 2.69. The first kappa shape index (κ1) is 16.0. The highest BCUT2D eigenvalue weighted by molar-refractivity contribution is 6.04. The van der Waals surface area contributed by atoms with E-state index in [9.17, 15) is 14.4 Å². The Labute approximate surface area is 138 Å². The van der Waals surface area contributed by atoms with Gasteiger partial charge in [0.2, 0.25) is 5.91 Å². The van der Waals surface area contributed by atoms with Crippen LogP contribution >= 0.6 is 0 Å². The summed E-state index contributed by atoms with van der Waals surface area (Å²) in [6, 6.07) is 6.86. The largest absolute Gasteiger partial charge is 0.356 e. The normalized spacial score (nSPS) is 16.9. The van der Waals surface area contributed by atoms with Gasteiger partial charge in [0.1, 0.15) is 6.04 Å². The van der Waals surface area contributed by atoms with Gasteiger partial charge in [-0.1, -0.05) is 18.2 Å². The highest BCUT2D eigenvalue weighted by Gasteiger charge is 2.29. The van der Waals surface area contributed by atoms with Crippen LogP contribution < -0.4 is 16.0 Å². The zero-order valence-corrected chi connectivity index (χ0v) is 13.1. The first-order valence-corrected chi connectivity index (χ1v) is 7.92. The molecular weight excluding hydrogens is 310 g/mol. The molecule has 3 rings (SSSR count). The summed E-state index contributed by atoms with van der Waals surface area (Å²) in [4.78, 5) is 34.1. The van der Waals surface area contributed by atoms with Crippen molar-refractivity contribution in [3.05, 3.63) is 30.5 Å². The summed E-state index contributed by atoms with van der Waals surface area (Å²) in [5.74, 6) is -0.507. The van der Waals surface area contributed by atoms with Crippen LogP contribution in [0.1, 0.15) is 19.3 Å². The molecule has 1 aromatic heterocycles. The minimum absolute atomic E-state index is 0.130. The van der Waals surface area contributed by atoms with Gasteiger partial charge in [-0.2, -0.15) is 5.10 Å². The van der Waals surface area contributed by atoms with Crippen molar-refractivity contribution >= 4 is 28.7 Å². The highest BCUT2D eigenvalue weighted by Crippen LogP contribution is 2.12. The van der Waals surface area contributed by atoms with Crippen LogP contribution in [0.25, 0.3) is 10.9 Å². The number of hydrogen-bond acceptors (Lipinski definition) is 4. The number of carbonyl (C=O) groups excluding carboxylic acids is 3. The van der Waals surface area contributed by atoms with Crippen LogP contribution in [0.2, 0.25) is 0 Å². The van der Waals surface area contributed by atoms with Crippen molar-refractivity contribution in [2.45, 2.75) is 31.8 Å². The second-order valence-corrected chi connectivity index (χ2v) is 5.68.